The van der Waals surface area contributed by atoms with Gasteiger partial charge in [0, 0.05) is 31.6 Å². The first-order chi connectivity index (χ1) is 15.8. The van der Waals surface area contributed by atoms with Crippen LogP contribution in [0.2, 0.25) is 0 Å². The molecule has 0 spiro atoms. The average Bonchev–Trinajstić information content (AvgIpc) is 3.36. The number of piperazine rings is 1. The smallest absolute Gasteiger partial charge is 0.243 e. The lowest BCUT2D eigenvalue weighted by Crippen LogP contribution is -2.46. The number of anilines is 1. The minimum atomic E-state index is -3.57. The molecule has 11 heteroatoms. The van der Waals surface area contributed by atoms with Gasteiger partial charge in [-0.05, 0) is 44.3 Å². The van der Waals surface area contributed by atoms with Crippen molar-refractivity contribution in [2.45, 2.75) is 18.2 Å². The second-order valence-corrected chi connectivity index (χ2v) is 11.2. The molecule has 33 heavy (non-hydrogen) atoms. The molecule has 0 atom stereocenters. The first-order valence-electron chi connectivity index (χ1n) is 10.5. The number of carbonyl (C=O) groups excluding carboxylic acids is 1. The Kier molecular flexibility index (Phi) is 5.65. The second kappa shape index (κ2) is 8.49. The molecule has 5 rings (SSSR count). The maximum atomic E-state index is 13.0. The van der Waals surface area contributed by atoms with E-state index in [0.717, 1.165) is 10.9 Å². The zero-order valence-corrected chi connectivity index (χ0v) is 19.9. The molecule has 0 radical (unpaired) electrons. The van der Waals surface area contributed by atoms with E-state index in [1.165, 1.54) is 15.6 Å². The number of amides is 1. The summed E-state index contributed by atoms with van der Waals surface area (Å²) >= 11 is 1.24. The molecule has 1 amide bonds. The number of aryl methyl sites for hydroxylation is 1. The number of likely N-dealkylation sites (N-methyl/N-ethyl adjacent to an activating group) is 1. The molecule has 0 saturated carbocycles. The van der Waals surface area contributed by atoms with Crippen LogP contribution < -0.4 is 5.32 Å². The van der Waals surface area contributed by atoms with Gasteiger partial charge in [-0.1, -0.05) is 28.1 Å². The van der Waals surface area contributed by atoms with E-state index in [9.17, 15) is 13.2 Å². The first-order valence-corrected chi connectivity index (χ1v) is 12.8. The Labute approximate surface area is 195 Å². The molecule has 0 bridgehead atoms. The molecule has 9 nitrogen and oxygen atoms in total. The molecular weight excluding hydrogens is 462 g/mol. The van der Waals surface area contributed by atoms with E-state index in [0.29, 0.717) is 52.8 Å². The lowest BCUT2D eigenvalue weighted by Gasteiger charge is -2.31. The van der Waals surface area contributed by atoms with Crippen LogP contribution in [-0.2, 0) is 21.2 Å². The van der Waals surface area contributed by atoms with Crippen molar-refractivity contribution in [3.63, 3.8) is 0 Å². The number of hydrogen-bond acceptors (Lipinski definition) is 8. The molecule has 1 N–H and O–H groups in total. The number of sulfonamides is 1. The standard InChI is InChI=1S/C22H23N5O4S2/c1-14-3-6-19-16(11-14)18(25-31-19)13-21(28)24-22-23-17-5-4-15(12-20(17)32-22)33(29,30)27-9-7-26(2)8-10-27/h3-6,11-12H,7-10,13H2,1-2H3,(H,23,24,28). The first kappa shape index (κ1) is 22.0. The summed E-state index contributed by atoms with van der Waals surface area (Å²) in [5.74, 6) is -0.268. The third-order valence-electron chi connectivity index (χ3n) is 5.73. The van der Waals surface area contributed by atoms with Crippen LogP contribution in [0.25, 0.3) is 21.2 Å². The second-order valence-electron chi connectivity index (χ2n) is 8.21. The third kappa shape index (κ3) is 4.36. The van der Waals surface area contributed by atoms with Crippen molar-refractivity contribution in [2.75, 3.05) is 38.5 Å². The Morgan fingerprint density at radius 3 is 2.73 bits per heavy atom. The molecule has 172 valence electrons. The molecular formula is C22H23N5O4S2. The third-order valence-corrected chi connectivity index (χ3v) is 8.56. The minimum absolute atomic E-state index is 0.0510. The fourth-order valence-electron chi connectivity index (χ4n) is 3.84. The summed E-state index contributed by atoms with van der Waals surface area (Å²) < 4.78 is 33.6. The summed E-state index contributed by atoms with van der Waals surface area (Å²) in [6.45, 7) is 4.32. The quantitative estimate of drug-likeness (QED) is 0.463. The minimum Gasteiger partial charge on any atom is -0.356 e. The summed E-state index contributed by atoms with van der Waals surface area (Å²) in [6.07, 6.45) is 0.0510. The molecule has 2 aromatic carbocycles. The summed E-state index contributed by atoms with van der Waals surface area (Å²) in [5, 5.41) is 8.04. The fraction of sp³-hybridized carbons (Fsp3) is 0.318. The van der Waals surface area contributed by atoms with Crippen LogP contribution >= 0.6 is 11.3 Å². The SMILES string of the molecule is Cc1ccc2onc(CC(=O)Nc3nc4ccc(S(=O)(=O)N5CCN(C)CC5)cc4s3)c2c1. The van der Waals surface area contributed by atoms with E-state index in [1.54, 1.807) is 18.2 Å². The highest BCUT2D eigenvalue weighted by molar-refractivity contribution is 7.89. The van der Waals surface area contributed by atoms with Crippen molar-refractivity contribution < 1.29 is 17.7 Å². The normalized spacial score (nSPS) is 15.9. The van der Waals surface area contributed by atoms with Gasteiger partial charge in [0.25, 0.3) is 0 Å². The molecule has 1 fully saturated rings. The van der Waals surface area contributed by atoms with E-state index in [1.807, 2.05) is 32.2 Å². The van der Waals surface area contributed by atoms with Gasteiger partial charge in [-0.25, -0.2) is 13.4 Å². The zero-order chi connectivity index (χ0) is 23.2. The molecule has 1 aliphatic heterocycles. The van der Waals surface area contributed by atoms with Gasteiger partial charge in [0.15, 0.2) is 10.7 Å². The number of hydrogen-bond donors (Lipinski definition) is 1. The molecule has 1 saturated heterocycles. The van der Waals surface area contributed by atoms with E-state index in [-0.39, 0.29) is 17.2 Å². The average molecular weight is 486 g/mol. The Morgan fingerprint density at radius 2 is 1.94 bits per heavy atom. The number of nitrogens with one attached hydrogen (secondary N) is 1. The Balaban J connectivity index is 1.33. The number of thiazole rings is 1. The number of nitrogens with zero attached hydrogens (tertiary/aromatic N) is 4. The van der Waals surface area contributed by atoms with E-state index < -0.39 is 10.0 Å². The van der Waals surface area contributed by atoms with Gasteiger partial charge in [0.2, 0.25) is 15.9 Å². The van der Waals surface area contributed by atoms with Crippen molar-refractivity contribution in [1.82, 2.24) is 19.3 Å². The van der Waals surface area contributed by atoms with Crippen molar-refractivity contribution in [2.24, 2.45) is 0 Å². The van der Waals surface area contributed by atoms with Crippen molar-refractivity contribution in [3.05, 3.63) is 47.7 Å². The van der Waals surface area contributed by atoms with Gasteiger partial charge < -0.3 is 14.7 Å². The van der Waals surface area contributed by atoms with Gasteiger partial charge >= 0.3 is 0 Å². The number of fused-ring (bicyclic) bond motifs is 2. The Morgan fingerprint density at radius 1 is 1.15 bits per heavy atom. The van der Waals surface area contributed by atoms with Crippen LogP contribution in [0.15, 0.2) is 45.8 Å². The van der Waals surface area contributed by atoms with E-state index in [2.05, 4.69) is 20.4 Å². The largest absolute Gasteiger partial charge is 0.356 e. The van der Waals surface area contributed by atoms with Crippen LogP contribution in [0, 0.1) is 6.92 Å². The van der Waals surface area contributed by atoms with Crippen LogP contribution in [0.5, 0.6) is 0 Å². The predicted octanol–water partition coefficient (Wildman–Crippen LogP) is 2.86. The van der Waals surface area contributed by atoms with Crippen LogP contribution in [0.3, 0.4) is 0 Å². The monoisotopic (exact) mass is 485 g/mol. The van der Waals surface area contributed by atoms with Crippen LogP contribution in [0.1, 0.15) is 11.3 Å². The zero-order valence-electron chi connectivity index (χ0n) is 18.2. The summed E-state index contributed by atoms with van der Waals surface area (Å²) in [6, 6.07) is 10.6. The Hall–Kier alpha value is -2.86. The molecule has 3 heterocycles. The van der Waals surface area contributed by atoms with Gasteiger partial charge in [0.1, 0.15) is 5.69 Å². The molecule has 0 unspecified atom stereocenters. The molecule has 2 aromatic heterocycles. The fourth-order valence-corrected chi connectivity index (χ4v) is 6.29. The summed E-state index contributed by atoms with van der Waals surface area (Å²) in [4.78, 5) is 19.4. The molecule has 1 aliphatic rings. The lowest BCUT2D eigenvalue weighted by molar-refractivity contribution is -0.115. The van der Waals surface area contributed by atoms with Gasteiger partial charge in [0.05, 0.1) is 21.5 Å². The van der Waals surface area contributed by atoms with Gasteiger partial charge in [-0.2, -0.15) is 4.31 Å². The van der Waals surface area contributed by atoms with E-state index >= 15 is 0 Å². The van der Waals surface area contributed by atoms with Crippen molar-refractivity contribution in [3.8, 4) is 0 Å². The highest BCUT2D eigenvalue weighted by Gasteiger charge is 2.28. The van der Waals surface area contributed by atoms with Crippen molar-refractivity contribution >= 4 is 53.6 Å². The number of carbonyl (C=O) groups is 1. The maximum Gasteiger partial charge on any atom is 0.243 e. The van der Waals surface area contributed by atoms with Crippen molar-refractivity contribution in [1.29, 1.82) is 0 Å². The highest BCUT2D eigenvalue weighted by atomic mass is 32.2. The predicted molar refractivity (Wildman–Crippen MR) is 127 cm³/mol. The van der Waals surface area contributed by atoms with E-state index in [4.69, 9.17) is 4.52 Å². The van der Waals surface area contributed by atoms with Gasteiger partial charge in [-0.15, -0.1) is 0 Å². The number of rotatable bonds is 5. The number of aromatic nitrogens is 2. The molecule has 4 aromatic rings. The Bertz CT molecular complexity index is 1450. The lowest BCUT2D eigenvalue weighted by atomic mass is 10.1. The van der Waals surface area contributed by atoms with Crippen LogP contribution in [0.4, 0.5) is 5.13 Å². The molecule has 0 aliphatic carbocycles. The summed E-state index contributed by atoms with van der Waals surface area (Å²) in [5.41, 5.74) is 2.89. The maximum absolute atomic E-state index is 13.0. The van der Waals surface area contributed by atoms with Crippen LogP contribution in [-0.4, -0.2) is 66.9 Å². The van der Waals surface area contributed by atoms with Gasteiger partial charge in [-0.3, -0.25) is 4.79 Å². The summed E-state index contributed by atoms with van der Waals surface area (Å²) in [7, 11) is -1.59. The highest BCUT2D eigenvalue weighted by Crippen LogP contribution is 2.30. The topological polar surface area (TPSA) is 109 Å². The number of benzene rings is 2.